The second-order valence-electron chi connectivity index (χ2n) is 11.2. The van der Waals surface area contributed by atoms with Crippen LogP contribution in [0.2, 0.25) is 0 Å². The van der Waals surface area contributed by atoms with Crippen LogP contribution in [-0.2, 0) is 24.7 Å². The van der Waals surface area contributed by atoms with Gasteiger partial charge in [0.2, 0.25) is 0 Å². The highest BCUT2D eigenvalue weighted by Crippen LogP contribution is 2.38. The lowest BCUT2D eigenvalue weighted by Gasteiger charge is -2.29. The largest absolute Gasteiger partial charge is 0.508 e. The Bertz CT molecular complexity index is 1150. The van der Waals surface area contributed by atoms with Gasteiger partial charge < -0.3 is 20.1 Å². The van der Waals surface area contributed by atoms with E-state index >= 15 is 0 Å². The number of phenols is 1. The molecule has 4 rings (SSSR count). The van der Waals surface area contributed by atoms with Gasteiger partial charge in [0.1, 0.15) is 11.5 Å². The van der Waals surface area contributed by atoms with Crippen molar-refractivity contribution in [2.75, 3.05) is 39.6 Å². The maximum Gasteiger partial charge on any atom is 0.120 e. The van der Waals surface area contributed by atoms with Gasteiger partial charge in [0, 0.05) is 30.3 Å². The van der Waals surface area contributed by atoms with Crippen LogP contribution in [0.15, 0.2) is 60.7 Å². The number of anilines is 1. The van der Waals surface area contributed by atoms with E-state index < -0.39 is 0 Å². The number of benzene rings is 3. The SMILES string of the molecule is COc1ccc([C@@H]2CCc3cc(O)ccc3C2)c(NCCCc2ccc(C(C)(C)CN(C)C)cc2)c1. The summed E-state index contributed by atoms with van der Waals surface area (Å²) in [5, 5.41) is 13.6. The normalized spacial score (nSPS) is 15.6. The van der Waals surface area contributed by atoms with Gasteiger partial charge in [-0.3, -0.25) is 0 Å². The highest BCUT2D eigenvalue weighted by Gasteiger charge is 2.23. The average molecular weight is 487 g/mol. The molecule has 0 aromatic heterocycles. The number of nitrogens with zero attached hydrogens (tertiary/aromatic N) is 1. The van der Waals surface area contributed by atoms with Crippen LogP contribution in [0, 0.1) is 0 Å². The van der Waals surface area contributed by atoms with Gasteiger partial charge in [-0.05, 0) is 98.1 Å². The molecule has 0 heterocycles. The van der Waals surface area contributed by atoms with Gasteiger partial charge >= 0.3 is 0 Å². The molecule has 0 unspecified atom stereocenters. The van der Waals surface area contributed by atoms with Gasteiger partial charge in [-0.15, -0.1) is 0 Å². The number of hydrogen-bond acceptors (Lipinski definition) is 4. The van der Waals surface area contributed by atoms with Crippen molar-refractivity contribution in [1.82, 2.24) is 4.90 Å². The Balaban J connectivity index is 1.37. The van der Waals surface area contributed by atoms with E-state index in [1.165, 1.54) is 33.5 Å². The van der Waals surface area contributed by atoms with E-state index in [1.807, 2.05) is 12.1 Å². The van der Waals surface area contributed by atoms with Crippen LogP contribution >= 0.6 is 0 Å². The number of fused-ring (bicyclic) bond motifs is 1. The Morgan fingerprint density at radius 2 is 1.78 bits per heavy atom. The highest BCUT2D eigenvalue weighted by molar-refractivity contribution is 5.57. The van der Waals surface area contributed by atoms with Gasteiger partial charge in [-0.2, -0.15) is 0 Å². The number of rotatable bonds is 10. The van der Waals surface area contributed by atoms with Gasteiger partial charge in [0.15, 0.2) is 0 Å². The molecule has 3 aromatic carbocycles. The van der Waals surface area contributed by atoms with Crippen molar-refractivity contribution < 1.29 is 9.84 Å². The van der Waals surface area contributed by atoms with E-state index in [-0.39, 0.29) is 5.41 Å². The summed E-state index contributed by atoms with van der Waals surface area (Å²) in [5.74, 6) is 1.72. The Kier molecular flexibility index (Phi) is 8.25. The number of likely N-dealkylation sites (N-methyl/N-ethyl adjacent to an activating group) is 1. The minimum atomic E-state index is 0.145. The summed E-state index contributed by atoms with van der Waals surface area (Å²) in [4.78, 5) is 2.25. The van der Waals surface area contributed by atoms with Crippen LogP contribution in [0.3, 0.4) is 0 Å². The molecule has 1 aliphatic rings. The molecule has 36 heavy (non-hydrogen) atoms. The van der Waals surface area contributed by atoms with E-state index in [2.05, 4.69) is 86.7 Å². The molecule has 2 N–H and O–H groups in total. The minimum Gasteiger partial charge on any atom is -0.508 e. The van der Waals surface area contributed by atoms with Crippen molar-refractivity contribution in [2.45, 2.75) is 57.3 Å². The lowest BCUT2D eigenvalue weighted by atomic mass is 9.79. The number of hydrogen-bond donors (Lipinski definition) is 2. The Labute approximate surface area is 217 Å². The monoisotopic (exact) mass is 486 g/mol. The predicted molar refractivity (Wildman–Crippen MR) is 151 cm³/mol. The summed E-state index contributed by atoms with van der Waals surface area (Å²) in [6, 6.07) is 21.4. The van der Waals surface area contributed by atoms with Crippen LogP contribution in [0.4, 0.5) is 5.69 Å². The molecule has 0 radical (unpaired) electrons. The number of aryl methyl sites for hydroxylation is 2. The number of nitrogens with one attached hydrogen (secondary N) is 1. The predicted octanol–water partition coefficient (Wildman–Crippen LogP) is 6.56. The maximum absolute atomic E-state index is 9.83. The summed E-state index contributed by atoms with van der Waals surface area (Å²) in [6.45, 7) is 6.58. The summed E-state index contributed by atoms with van der Waals surface area (Å²) in [7, 11) is 6.00. The fraction of sp³-hybridized carbons (Fsp3) is 0.438. The van der Waals surface area contributed by atoms with Crippen molar-refractivity contribution in [1.29, 1.82) is 0 Å². The van der Waals surface area contributed by atoms with Crippen LogP contribution in [0.1, 0.15) is 60.4 Å². The molecule has 0 amide bonds. The third kappa shape index (κ3) is 6.41. The summed E-state index contributed by atoms with van der Waals surface area (Å²) < 4.78 is 5.53. The first-order valence-corrected chi connectivity index (χ1v) is 13.2. The molecule has 192 valence electrons. The Hall–Kier alpha value is -2.98. The topological polar surface area (TPSA) is 44.7 Å². The third-order valence-corrected chi connectivity index (χ3v) is 7.52. The molecule has 3 aromatic rings. The molecule has 0 saturated heterocycles. The zero-order valence-corrected chi connectivity index (χ0v) is 22.6. The molecule has 4 nitrogen and oxygen atoms in total. The zero-order chi connectivity index (χ0) is 25.7. The van der Waals surface area contributed by atoms with E-state index in [9.17, 15) is 5.11 Å². The standard InChI is InChI=1S/C32H42N2O2/c1-32(2,22-34(3)4)27-13-8-23(9-14-27)7-6-18-33-31-21-29(36-5)16-17-30(31)26-11-10-25-20-28(35)15-12-24(25)19-26/h8-9,12-17,20-21,26,33,35H,6-7,10-11,18-19,22H2,1-5H3/t26-/m1/s1. The minimum absolute atomic E-state index is 0.145. The quantitative estimate of drug-likeness (QED) is 0.319. The van der Waals surface area contributed by atoms with Gasteiger partial charge in [0.05, 0.1) is 7.11 Å². The summed E-state index contributed by atoms with van der Waals surface area (Å²) in [6.07, 6.45) is 5.23. The van der Waals surface area contributed by atoms with Gasteiger partial charge in [-0.1, -0.05) is 50.2 Å². The molecular weight excluding hydrogens is 444 g/mol. The molecule has 0 aliphatic heterocycles. The van der Waals surface area contributed by atoms with Crippen molar-refractivity contribution in [2.24, 2.45) is 0 Å². The first-order chi connectivity index (χ1) is 17.2. The third-order valence-electron chi connectivity index (χ3n) is 7.52. The molecule has 0 saturated carbocycles. The average Bonchev–Trinajstić information content (AvgIpc) is 2.85. The van der Waals surface area contributed by atoms with Crippen LogP contribution in [-0.4, -0.2) is 44.3 Å². The lowest BCUT2D eigenvalue weighted by Crippen LogP contribution is -2.32. The summed E-state index contributed by atoms with van der Waals surface area (Å²) in [5.41, 5.74) is 8.10. The molecular formula is C32H42N2O2. The van der Waals surface area contributed by atoms with E-state index in [0.29, 0.717) is 11.7 Å². The molecule has 1 atom stereocenters. The number of methoxy groups -OCH3 is 1. The smallest absolute Gasteiger partial charge is 0.120 e. The first kappa shape index (κ1) is 26.1. The lowest BCUT2D eigenvalue weighted by molar-refractivity contribution is 0.315. The fourth-order valence-corrected chi connectivity index (χ4v) is 5.70. The molecule has 1 aliphatic carbocycles. The molecule has 4 heteroatoms. The second kappa shape index (κ2) is 11.4. The van der Waals surface area contributed by atoms with Gasteiger partial charge in [-0.25, -0.2) is 0 Å². The van der Waals surface area contributed by atoms with Crippen molar-refractivity contribution in [3.8, 4) is 11.5 Å². The molecule has 0 bridgehead atoms. The van der Waals surface area contributed by atoms with E-state index in [4.69, 9.17) is 4.74 Å². The number of aromatic hydroxyl groups is 1. The summed E-state index contributed by atoms with van der Waals surface area (Å²) >= 11 is 0. The van der Waals surface area contributed by atoms with Crippen molar-refractivity contribution in [3.63, 3.8) is 0 Å². The van der Waals surface area contributed by atoms with Crippen LogP contribution in [0.25, 0.3) is 0 Å². The maximum atomic E-state index is 9.83. The van der Waals surface area contributed by atoms with E-state index in [0.717, 1.165) is 50.9 Å². The van der Waals surface area contributed by atoms with Crippen LogP contribution < -0.4 is 10.1 Å². The first-order valence-electron chi connectivity index (χ1n) is 13.2. The van der Waals surface area contributed by atoms with Crippen molar-refractivity contribution in [3.05, 3.63) is 88.5 Å². The zero-order valence-electron chi connectivity index (χ0n) is 22.6. The fourth-order valence-electron chi connectivity index (χ4n) is 5.70. The Morgan fingerprint density at radius 1 is 1.00 bits per heavy atom. The Morgan fingerprint density at radius 3 is 2.50 bits per heavy atom. The second-order valence-corrected chi connectivity index (χ2v) is 11.2. The van der Waals surface area contributed by atoms with Crippen LogP contribution in [0.5, 0.6) is 11.5 Å². The van der Waals surface area contributed by atoms with Gasteiger partial charge in [0.25, 0.3) is 0 Å². The van der Waals surface area contributed by atoms with Crippen molar-refractivity contribution >= 4 is 5.69 Å². The molecule has 0 spiro atoms. The highest BCUT2D eigenvalue weighted by atomic mass is 16.5. The van der Waals surface area contributed by atoms with E-state index in [1.54, 1.807) is 7.11 Å². The molecule has 0 fully saturated rings. The number of ether oxygens (including phenoxy) is 1. The number of phenolic OH excluding ortho intramolecular Hbond substituents is 1.